The molecule has 0 saturated heterocycles. The molecule has 0 spiro atoms. The standard InChI is InChI=1S/C5H9NO/c1-2-3-4-6-5-7/h3-5H,2H2,1H3,(H,6,7)/b4-3-. The van der Waals surface area contributed by atoms with E-state index in [0.29, 0.717) is 6.41 Å². The third-order valence-electron chi connectivity index (χ3n) is 0.518. The summed E-state index contributed by atoms with van der Waals surface area (Å²) in [6, 6.07) is 0. The van der Waals surface area contributed by atoms with Crippen molar-refractivity contribution in [2.24, 2.45) is 0 Å². The van der Waals surface area contributed by atoms with Crippen LogP contribution in [0.5, 0.6) is 0 Å². The fourth-order valence-electron chi connectivity index (χ4n) is 0.225. The van der Waals surface area contributed by atoms with Gasteiger partial charge in [0.1, 0.15) is 0 Å². The van der Waals surface area contributed by atoms with Crippen molar-refractivity contribution in [3.05, 3.63) is 12.3 Å². The number of hydrogen-bond acceptors (Lipinski definition) is 1. The van der Waals surface area contributed by atoms with Gasteiger partial charge in [-0.3, -0.25) is 4.79 Å². The van der Waals surface area contributed by atoms with Gasteiger partial charge in [-0.25, -0.2) is 0 Å². The number of allylic oxidation sites excluding steroid dienone is 1. The Morgan fingerprint density at radius 2 is 2.43 bits per heavy atom. The zero-order chi connectivity index (χ0) is 5.54. The number of carbonyl (C=O) groups is 1. The lowest BCUT2D eigenvalue weighted by Gasteiger charge is -1.78. The minimum atomic E-state index is 0.645. The number of nitrogens with one attached hydrogen (secondary N) is 1. The molecule has 0 fully saturated rings. The van der Waals surface area contributed by atoms with Gasteiger partial charge < -0.3 is 5.32 Å². The lowest BCUT2D eigenvalue weighted by Crippen LogP contribution is -1.97. The van der Waals surface area contributed by atoms with E-state index in [1.165, 1.54) is 0 Å². The van der Waals surface area contributed by atoms with Crippen LogP contribution in [-0.2, 0) is 4.79 Å². The third kappa shape index (κ3) is 5.21. The van der Waals surface area contributed by atoms with Crippen LogP contribution >= 0.6 is 0 Å². The van der Waals surface area contributed by atoms with Crippen molar-refractivity contribution >= 4 is 6.41 Å². The van der Waals surface area contributed by atoms with Gasteiger partial charge in [0.05, 0.1) is 0 Å². The lowest BCUT2D eigenvalue weighted by atomic mass is 10.5. The van der Waals surface area contributed by atoms with Crippen LogP contribution in [0.2, 0.25) is 0 Å². The molecule has 2 nitrogen and oxygen atoms in total. The van der Waals surface area contributed by atoms with E-state index >= 15 is 0 Å². The Morgan fingerprint density at radius 3 is 2.86 bits per heavy atom. The molecule has 0 radical (unpaired) electrons. The lowest BCUT2D eigenvalue weighted by molar-refractivity contribution is -0.108. The SMILES string of the molecule is CC/C=C\NC=O. The van der Waals surface area contributed by atoms with Gasteiger partial charge in [-0.05, 0) is 12.6 Å². The second-order valence-corrected chi connectivity index (χ2v) is 1.10. The molecule has 0 aromatic rings. The average molecular weight is 99.1 g/mol. The summed E-state index contributed by atoms with van der Waals surface area (Å²) in [6.07, 6.45) is 5.09. The Balaban J connectivity index is 2.92. The van der Waals surface area contributed by atoms with Crippen molar-refractivity contribution in [3.63, 3.8) is 0 Å². The van der Waals surface area contributed by atoms with E-state index in [4.69, 9.17) is 0 Å². The van der Waals surface area contributed by atoms with Gasteiger partial charge in [0.25, 0.3) is 0 Å². The van der Waals surface area contributed by atoms with Crippen LogP contribution in [-0.4, -0.2) is 6.41 Å². The van der Waals surface area contributed by atoms with E-state index in [9.17, 15) is 4.79 Å². The number of hydrogen-bond donors (Lipinski definition) is 1. The van der Waals surface area contributed by atoms with E-state index in [-0.39, 0.29) is 0 Å². The predicted octanol–water partition coefficient (Wildman–Crippen LogP) is 0.656. The van der Waals surface area contributed by atoms with Crippen LogP contribution in [0.15, 0.2) is 12.3 Å². The highest BCUT2D eigenvalue weighted by atomic mass is 16.1. The van der Waals surface area contributed by atoms with E-state index in [1.807, 2.05) is 13.0 Å². The molecule has 0 aromatic carbocycles. The molecule has 0 unspecified atom stereocenters. The maximum absolute atomic E-state index is 9.52. The van der Waals surface area contributed by atoms with Crippen molar-refractivity contribution in [2.45, 2.75) is 13.3 Å². The summed E-state index contributed by atoms with van der Waals surface area (Å²) in [6.45, 7) is 2.00. The fourth-order valence-corrected chi connectivity index (χ4v) is 0.225. The summed E-state index contributed by atoms with van der Waals surface area (Å²) in [4.78, 5) is 9.52. The summed E-state index contributed by atoms with van der Waals surface area (Å²) in [7, 11) is 0. The first-order valence-corrected chi connectivity index (χ1v) is 2.26. The van der Waals surface area contributed by atoms with Gasteiger partial charge in [-0.1, -0.05) is 13.0 Å². The van der Waals surface area contributed by atoms with Gasteiger partial charge in [-0.2, -0.15) is 0 Å². The molecule has 0 rings (SSSR count). The highest BCUT2D eigenvalue weighted by Crippen LogP contribution is 1.72. The highest BCUT2D eigenvalue weighted by Gasteiger charge is 1.62. The Kier molecular flexibility index (Phi) is 4.62. The van der Waals surface area contributed by atoms with Crippen molar-refractivity contribution in [1.29, 1.82) is 0 Å². The zero-order valence-electron chi connectivity index (χ0n) is 4.35. The molecule has 0 saturated carbocycles. The topological polar surface area (TPSA) is 29.1 Å². The Morgan fingerprint density at radius 1 is 1.71 bits per heavy atom. The number of rotatable bonds is 3. The van der Waals surface area contributed by atoms with E-state index in [0.717, 1.165) is 6.42 Å². The zero-order valence-corrected chi connectivity index (χ0v) is 4.35. The highest BCUT2D eigenvalue weighted by molar-refractivity contribution is 5.47. The van der Waals surface area contributed by atoms with Crippen LogP contribution in [0.4, 0.5) is 0 Å². The number of amides is 1. The van der Waals surface area contributed by atoms with Gasteiger partial charge in [0.2, 0.25) is 6.41 Å². The largest absolute Gasteiger partial charge is 0.336 e. The second kappa shape index (κ2) is 5.21. The minimum absolute atomic E-state index is 0.645. The van der Waals surface area contributed by atoms with Gasteiger partial charge in [0.15, 0.2) is 0 Å². The van der Waals surface area contributed by atoms with Gasteiger partial charge in [-0.15, -0.1) is 0 Å². The molecule has 1 N–H and O–H groups in total. The summed E-state index contributed by atoms with van der Waals surface area (Å²) in [5, 5.41) is 2.39. The van der Waals surface area contributed by atoms with Crippen LogP contribution in [0.1, 0.15) is 13.3 Å². The molecule has 7 heavy (non-hydrogen) atoms. The monoisotopic (exact) mass is 99.1 g/mol. The quantitative estimate of drug-likeness (QED) is 0.517. The maximum Gasteiger partial charge on any atom is 0.211 e. The molecule has 0 aromatic heterocycles. The first-order chi connectivity index (χ1) is 3.41. The molecule has 40 valence electrons. The summed E-state index contributed by atoms with van der Waals surface area (Å²) in [5.41, 5.74) is 0. The van der Waals surface area contributed by atoms with E-state index in [2.05, 4.69) is 5.32 Å². The van der Waals surface area contributed by atoms with Crippen LogP contribution in [0, 0.1) is 0 Å². The Hall–Kier alpha value is -0.790. The van der Waals surface area contributed by atoms with Gasteiger partial charge in [0, 0.05) is 0 Å². The Bertz CT molecular complexity index is 68.5. The molecule has 0 aliphatic rings. The predicted molar refractivity (Wildman–Crippen MR) is 28.6 cm³/mol. The van der Waals surface area contributed by atoms with Crippen molar-refractivity contribution < 1.29 is 4.79 Å². The fraction of sp³-hybridized carbons (Fsp3) is 0.400. The normalized spacial score (nSPS) is 9.29. The smallest absolute Gasteiger partial charge is 0.211 e. The molecule has 1 amide bonds. The molecule has 0 aliphatic heterocycles. The summed E-state index contributed by atoms with van der Waals surface area (Å²) >= 11 is 0. The van der Waals surface area contributed by atoms with Crippen LogP contribution in [0.3, 0.4) is 0 Å². The summed E-state index contributed by atoms with van der Waals surface area (Å²) in [5.74, 6) is 0. The average Bonchev–Trinajstić information content (AvgIpc) is 1.69. The molecule has 0 aliphatic carbocycles. The van der Waals surface area contributed by atoms with Gasteiger partial charge >= 0.3 is 0 Å². The van der Waals surface area contributed by atoms with Crippen LogP contribution < -0.4 is 5.32 Å². The minimum Gasteiger partial charge on any atom is -0.336 e. The van der Waals surface area contributed by atoms with E-state index in [1.54, 1.807) is 6.20 Å². The first kappa shape index (κ1) is 6.21. The molecular formula is C5H9NO. The number of carbonyl (C=O) groups excluding carboxylic acids is 1. The van der Waals surface area contributed by atoms with Crippen molar-refractivity contribution in [1.82, 2.24) is 5.32 Å². The third-order valence-corrected chi connectivity index (χ3v) is 0.518. The maximum atomic E-state index is 9.52. The molecule has 0 atom stereocenters. The van der Waals surface area contributed by atoms with Crippen LogP contribution in [0.25, 0.3) is 0 Å². The second-order valence-electron chi connectivity index (χ2n) is 1.10. The molecule has 2 heteroatoms. The van der Waals surface area contributed by atoms with Crippen molar-refractivity contribution in [2.75, 3.05) is 0 Å². The first-order valence-electron chi connectivity index (χ1n) is 2.26. The molecular weight excluding hydrogens is 90.1 g/mol. The Labute approximate surface area is 43.2 Å². The molecule has 0 heterocycles. The summed E-state index contributed by atoms with van der Waals surface area (Å²) < 4.78 is 0. The molecule has 0 bridgehead atoms. The van der Waals surface area contributed by atoms with E-state index < -0.39 is 0 Å². The van der Waals surface area contributed by atoms with Crippen molar-refractivity contribution in [3.8, 4) is 0 Å².